The number of carboxylic acids is 4. The normalized spacial score (nSPS) is 21.8. The van der Waals surface area contributed by atoms with E-state index in [1.807, 2.05) is 0 Å². The summed E-state index contributed by atoms with van der Waals surface area (Å²) < 4.78 is 5.66. The molecule has 2 aromatic rings. The maximum absolute atomic E-state index is 14.6. The third-order valence-corrected chi connectivity index (χ3v) is 17.4. The number of hydrogen-bond donors (Lipinski definition) is 20. The first-order valence-electron chi connectivity index (χ1n) is 35.8. The zero-order valence-corrected chi connectivity index (χ0v) is 61.9. The molecular formula is C69H104N16O24. The summed E-state index contributed by atoms with van der Waals surface area (Å²) in [4.78, 5) is 259. The second-order valence-electron chi connectivity index (χ2n) is 26.9. The number of primary amides is 1. The smallest absolute Gasteiger partial charge is 0.329 e. The van der Waals surface area contributed by atoms with E-state index in [1.165, 1.54) is 13.8 Å². The van der Waals surface area contributed by atoms with Gasteiger partial charge in [-0.25, -0.2) is 4.79 Å². The Bertz CT molecular complexity index is 3590. The molecule has 1 fully saturated rings. The van der Waals surface area contributed by atoms with Gasteiger partial charge in [0, 0.05) is 36.4 Å². The Labute approximate surface area is 627 Å². The molecular weight excluding hydrogens is 1440 g/mol. The first-order valence-corrected chi connectivity index (χ1v) is 35.8. The molecule has 40 heteroatoms. The quantitative estimate of drug-likeness (QED) is 0.0234. The van der Waals surface area contributed by atoms with Crippen LogP contribution in [0.4, 0.5) is 0 Å². The Morgan fingerprint density at radius 3 is 1.65 bits per heavy atom. The molecule has 604 valence electrons. The van der Waals surface area contributed by atoms with Crippen molar-refractivity contribution in [1.82, 2.24) is 74.1 Å². The minimum Gasteiger partial charge on any atom is -0.481 e. The number of cyclic esters (lactones) is 1. The number of benzene rings is 1. The predicted molar refractivity (Wildman–Crippen MR) is 383 cm³/mol. The van der Waals surface area contributed by atoms with E-state index in [9.17, 15) is 112 Å². The number of nitrogens with two attached hydrogens (primary N) is 2. The van der Waals surface area contributed by atoms with Gasteiger partial charge in [0.05, 0.1) is 38.8 Å². The molecule has 0 aliphatic carbocycles. The number of fused-ring (bicyclic) bond motifs is 1. The van der Waals surface area contributed by atoms with Gasteiger partial charge in [0.2, 0.25) is 82.7 Å². The predicted octanol–water partition coefficient (Wildman–Crippen LogP) is -4.01. The summed E-state index contributed by atoms with van der Waals surface area (Å²) in [5.74, 6) is -25.5. The summed E-state index contributed by atoms with van der Waals surface area (Å²) >= 11 is 0. The number of aromatic amines is 1. The Balaban J connectivity index is 2.13. The van der Waals surface area contributed by atoms with Gasteiger partial charge in [0.25, 0.3) is 0 Å². The van der Waals surface area contributed by atoms with Gasteiger partial charge < -0.3 is 111 Å². The van der Waals surface area contributed by atoms with Crippen molar-refractivity contribution in [2.24, 2.45) is 23.3 Å². The fourth-order valence-electron chi connectivity index (χ4n) is 11.1. The maximum Gasteiger partial charge on any atom is 0.329 e. The van der Waals surface area contributed by atoms with Crippen LogP contribution in [0.25, 0.3) is 10.9 Å². The molecule has 1 aliphatic heterocycles. The van der Waals surface area contributed by atoms with Crippen molar-refractivity contribution in [3.8, 4) is 0 Å². The lowest BCUT2D eigenvalue weighted by Gasteiger charge is -2.30. The van der Waals surface area contributed by atoms with E-state index >= 15 is 0 Å². The standard InChI is InChI=1S/C69H104N16O24/c1-8-35(4)18-13-11-9-10-12-14-22-50(87)78-44(26-39-31-72-41-20-16-15-19-40(39)41)65(104)81-45(27-49(71)86)66(105)83-48(30-56(96)97)67(106)85-58-38(7)109-69(108)57(34(2)3)84-63(102)43(23-24-53(90)91)79-59(98)36(5)75-51(88)32-73-61(100)46(28-54(92)93)80-60(99)37(6)76-64(103)47(29-55(94)95)82-62(101)42(21-17-25-70)77-52(89)33-74-68(58)107/h15-16,19-20,31,34-38,42-48,57-58,72H,8-14,17-18,21-30,32-33,70H2,1-7H3,(H2,71,86)(H,73,100)(H,74,107)(H,75,88)(H,76,103)(H,77,89)(H,78,87)(H,79,98)(H,80,99)(H,81,104)(H,82,101)(H,83,105)(H,84,102)(H,85,106)(H,90,91)(H,92,93)(H,94,95)(H,96,97). The number of aromatic nitrogens is 1. The molecule has 0 saturated carbocycles. The molecule has 13 atom stereocenters. The molecule has 0 radical (unpaired) electrons. The first-order chi connectivity index (χ1) is 51.3. The Kier molecular flexibility index (Phi) is 39.3. The van der Waals surface area contributed by atoms with Gasteiger partial charge in [0.1, 0.15) is 72.6 Å². The number of aliphatic carboxylic acids is 4. The average molecular weight is 1540 g/mol. The van der Waals surface area contributed by atoms with Crippen LogP contribution in [-0.4, -0.2) is 230 Å². The monoisotopic (exact) mass is 1540 g/mol. The molecule has 1 saturated heterocycles. The molecule has 22 N–H and O–H groups in total. The van der Waals surface area contributed by atoms with Crippen molar-refractivity contribution in [2.75, 3.05) is 19.6 Å². The van der Waals surface area contributed by atoms with Gasteiger partial charge in [-0.3, -0.25) is 86.3 Å². The number of carbonyl (C=O) groups is 19. The fraction of sp³-hybridized carbons (Fsp3) is 0.609. The zero-order chi connectivity index (χ0) is 81.8. The minimum atomic E-state index is -2.29. The second kappa shape index (κ2) is 46.7. The van der Waals surface area contributed by atoms with Gasteiger partial charge in [-0.1, -0.05) is 90.8 Å². The van der Waals surface area contributed by atoms with Crippen LogP contribution in [0.5, 0.6) is 0 Å². The number of nitrogens with one attached hydrogen (secondary N) is 14. The number of rotatable bonds is 34. The highest BCUT2D eigenvalue weighted by molar-refractivity contribution is 6.02. The van der Waals surface area contributed by atoms with Crippen LogP contribution in [0.3, 0.4) is 0 Å². The summed E-state index contributed by atoms with van der Waals surface area (Å²) in [6, 6.07) is -13.7. The number of H-pyrrole nitrogens is 1. The number of hydrogen-bond acceptors (Lipinski definition) is 21. The molecule has 1 aromatic carbocycles. The molecule has 0 bridgehead atoms. The van der Waals surface area contributed by atoms with E-state index in [0.717, 1.165) is 59.3 Å². The number of amides is 14. The van der Waals surface area contributed by atoms with Crippen molar-refractivity contribution in [3.63, 3.8) is 0 Å². The third-order valence-electron chi connectivity index (χ3n) is 17.4. The van der Waals surface area contributed by atoms with Crippen molar-refractivity contribution in [3.05, 3.63) is 36.0 Å². The summed E-state index contributed by atoms with van der Waals surface area (Å²) in [6.07, 6.45) is 0.302. The largest absolute Gasteiger partial charge is 0.481 e. The third kappa shape index (κ3) is 33.5. The Morgan fingerprint density at radius 2 is 1.06 bits per heavy atom. The molecule has 40 nitrogen and oxygen atoms in total. The van der Waals surface area contributed by atoms with Crippen molar-refractivity contribution >= 4 is 123 Å². The minimum absolute atomic E-state index is 0.00955. The molecule has 2 heterocycles. The second-order valence-corrected chi connectivity index (χ2v) is 26.9. The maximum atomic E-state index is 14.6. The van der Waals surface area contributed by atoms with Gasteiger partial charge in [0.15, 0.2) is 0 Å². The van der Waals surface area contributed by atoms with Gasteiger partial charge in [-0.2, -0.15) is 0 Å². The van der Waals surface area contributed by atoms with Crippen molar-refractivity contribution in [2.45, 2.75) is 237 Å². The Morgan fingerprint density at radius 1 is 0.541 bits per heavy atom. The zero-order valence-electron chi connectivity index (χ0n) is 61.9. The van der Waals surface area contributed by atoms with E-state index in [0.29, 0.717) is 35.2 Å². The number of carbonyl (C=O) groups excluding carboxylic acids is 15. The van der Waals surface area contributed by atoms with E-state index < -0.39 is 243 Å². The summed E-state index contributed by atoms with van der Waals surface area (Å²) in [6.45, 7) is 7.85. The van der Waals surface area contributed by atoms with E-state index in [-0.39, 0.29) is 32.2 Å². The molecule has 109 heavy (non-hydrogen) atoms. The lowest BCUT2D eigenvalue weighted by atomic mass is 9.99. The van der Waals surface area contributed by atoms with Crippen molar-refractivity contribution in [1.29, 1.82) is 0 Å². The molecule has 14 amide bonds. The highest BCUT2D eigenvalue weighted by Crippen LogP contribution is 2.21. The lowest BCUT2D eigenvalue weighted by Crippen LogP contribution is -2.61. The van der Waals surface area contributed by atoms with Crippen LogP contribution in [0.15, 0.2) is 30.5 Å². The van der Waals surface area contributed by atoms with E-state index in [1.54, 1.807) is 30.5 Å². The molecule has 1 aromatic heterocycles. The summed E-state index contributed by atoms with van der Waals surface area (Å²) in [5, 5.41) is 68.7. The Hall–Kier alpha value is -11.3. The highest BCUT2D eigenvalue weighted by Gasteiger charge is 2.40. The topological polar surface area (TPSA) is 639 Å². The van der Waals surface area contributed by atoms with E-state index in [2.05, 4.69) is 87.9 Å². The van der Waals surface area contributed by atoms with Gasteiger partial charge in [-0.15, -0.1) is 0 Å². The number of unbranched alkanes of at least 4 members (excludes halogenated alkanes) is 5. The van der Waals surface area contributed by atoms with Crippen LogP contribution in [-0.2, 0) is 102 Å². The molecule has 1 aliphatic rings. The van der Waals surface area contributed by atoms with Gasteiger partial charge >= 0.3 is 29.8 Å². The summed E-state index contributed by atoms with van der Waals surface area (Å²) in [7, 11) is 0. The highest BCUT2D eigenvalue weighted by atomic mass is 16.5. The fourth-order valence-corrected chi connectivity index (χ4v) is 11.1. The molecule has 13 unspecified atom stereocenters. The SMILES string of the molecule is CCC(C)CCCCCCCCC(=O)NC(Cc1c[nH]c2ccccc12)C(=O)NC(CC(N)=O)C(=O)NC(CC(=O)O)C(=O)NC1C(=O)NCC(=O)NC(CCCN)C(=O)NC(CC(=O)O)C(=O)NC(C)C(=O)NC(CC(=O)O)C(=O)NCC(=O)NC(C)C(=O)NC(CCC(=O)O)C(=O)NC(C(C)C)C(=O)OC1C. The van der Waals surface area contributed by atoms with Crippen LogP contribution in [0.1, 0.15) is 163 Å². The number of esters is 1. The van der Waals surface area contributed by atoms with Crippen molar-refractivity contribution < 1.29 is 116 Å². The molecule has 0 spiro atoms. The van der Waals surface area contributed by atoms with E-state index in [4.69, 9.17) is 16.2 Å². The van der Waals surface area contributed by atoms with Crippen LogP contribution < -0.4 is 80.6 Å². The first kappa shape index (κ1) is 91.9. The van der Waals surface area contributed by atoms with Crippen LogP contribution in [0.2, 0.25) is 0 Å². The molecule has 3 rings (SSSR count). The summed E-state index contributed by atoms with van der Waals surface area (Å²) in [5.41, 5.74) is 12.5. The van der Waals surface area contributed by atoms with Crippen LogP contribution in [0, 0.1) is 11.8 Å². The average Bonchev–Trinajstić information content (AvgIpc) is 1.71. The lowest BCUT2D eigenvalue weighted by molar-refractivity contribution is -0.157. The van der Waals surface area contributed by atoms with Crippen LogP contribution >= 0.6 is 0 Å². The number of para-hydroxylation sites is 1. The van der Waals surface area contributed by atoms with Gasteiger partial charge in [-0.05, 0) is 76.5 Å². The number of carboxylic acid groups (broad SMARTS) is 4. The number of ether oxygens (including phenoxy) is 1.